The summed E-state index contributed by atoms with van der Waals surface area (Å²) in [6.07, 6.45) is 0. The molecule has 1 aliphatic heterocycles. The highest BCUT2D eigenvalue weighted by Gasteiger charge is 2.20. The second kappa shape index (κ2) is 9.30. The van der Waals surface area contributed by atoms with Crippen molar-refractivity contribution in [2.75, 3.05) is 26.2 Å². The molecule has 0 N–H and O–H groups in total. The Kier molecular flexibility index (Phi) is 6.07. The first kappa shape index (κ1) is 21.6. The number of piperazine rings is 1. The zero-order chi connectivity index (χ0) is 22.8. The molecular weight excluding hydrogens is 408 g/mol. The quantitative estimate of drug-likeness (QED) is 0.462. The summed E-state index contributed by atoms with van der Waals surface area (Å²) in [4.78, 5) is 18.1. The van der Waals surface area contributed by atoms with Gasteiger partial charge in [-0.05, 0) is 31.0 Å². The molecule has 33 heavy (non-hydrogen) atoms. The third-order valence-corrected chi connectivity index (χ3v) is 6.65. The van der Waals surface area contributed by atoms with Crippen molar-refractivity contribution in [1.29, 1.82) is 0 Å². The van der Waals surface area contributed by atoms with Gasteiger partial charge in [0.25, 0.3) is 5.56 Å². The average molecular weight is 439 g/mol. The summed E-state index contributed by atoms with van der Waals surface area (Å²) in [6.45, 7) is 9.57. The molecule has 0 aliphatic carbocycles. The largest absolute Gasteiger partial charge is 0.297 e. The molecule has 0 atom stereocenters. The van der Waals surface area contributed by atoms with Crippen molar-refractivity contribution in [3.05, 3.63) is 99.8 Å². The Balaban J connectivity index is 1.36. The minimum absolute atomic E-state index is 0.0243. The predicted molar refractivity (Wildman–Crippen MR) is 134 cm³/mol. The molecule has 5 heteroatoms. The zero-order valence-corrected chi connectivity index (χ0v) is 19.4. The third-order valence-electron chi connectivity index (χ3n) is 6.65. The van der Waals surface area contributed by atoms with Gasteiger partial charge in [-0.25, -0.2) is 4.68 Å². The summed E-state index contributed by atoms with van der Waals surface area (Å²) in [7, 11) is 0. The van der Waals surface area contributed by atoms with Crippen molar-refractivity contribution in [3.63, 3.8) is 0 Å². The van der Waals surface area contributed by atoms with Gasteiger partial charge in [0.05, 0.1) is 17.7 Å². The van der Waals surface area contributed by atoms with Crippen LogP contribution in [0.5, 0.6) is 0 Å². The Morgan fingerprint density at radius 1 is 0.758 bits per heavy atom. The van der Waals surface area contributed by atoms with E-state index in [0.717, 1.165) is 54.8 Å². The summed E-state index contributed by atoms with van der Waals surface area (Å²) in [5, 5.41) is 6.47. The van der Waals surface area contributed by atoms with Gasteiger partial charge in [-0.15, -0.1) is 0 Å². The molecule has 3 aromatic carbocycles. The molecule has 1 aromatic heterocycles. The normalized spacial score (nSPS) is 15.2. The number of hydrogen-bond donors (Lipinski definition) is 0. The van der Waals surface area contributed by atoms with Crippen LogP contribution in [0.15, 0.2) is 77.6 Å². The third kappa shape index (κ3) is 4.61. The number of fused-ring (bicyclic) bond motifs is 1. The van der Waals surface area contributed by atoms with Crippen LogP contribution in [-0.2, 0) is 13.2 Å². The van der Waals surface area contributed by atoms with Crippen molar-refractivity contribution in [3.8, 4) is 11.3 Å². The maximum absolute atomic E-state index is 13.2. The summed E-state index contributed by atoms with van der Waals surface area (Å²) in [5.41, 5.74) is 5.82. The van der Waals surface area contributed by atoms with Crippen LogP contribution >= 0.6 is 0 Å². The van der Waals surface area contributed by atoms with Crippen LogP contribution in [0, 0.1) is 13.8 Å². The van der Waals surface area contributed by atoms with E-state index >= 15 is 0 Å². The molecule has 168 valence electrons. The molecule has 0 saturated carbocycles. The Morgan fingerprint density at radius 2 is 1.39 bits per heavy atom. The second-order valence-corrected chi connectivity index (χ2v) is 9.03. The molecule has 2 heterocycles. The maximum atomic E-state index is 13.2. The van der Waals surface area contributed by atoms with Gasteiger partial charge in [0.1, 0.15) is 0 Å². The van der Waals surface area contributed by atoms with Gasteiger partial charge < -0.3 is 0 Å². The molecule has 0 spiro atoms. The topological polar surface area (TPSA) is 41.4 Å². The summed E-state index contributed by atoms with van der Waals surface area (Å²) in [5.74, 6) is 0. The Labute approximate surface area is 194 Å². The molecule has 0 bridgehead atoms. The molecule has 4 aromatic rings. The van der Waals surface area contributed by atoms with Gasteiger partial charge in [0.2, 0.25) is 0 Å². The number of nitrogens with zero attached hydrogens (tertiary/aromatic N) is 4. The average Bonchev–Trinajstić information content (AvgIpc) is 2.84. The first-order valence-electron chi connectivity index (χ1n) is 11.6. The Morgan fingerprint density at radius 3 is 2.12 bits per heavy atom. The predicted octanol–water partition coefficient (Wildman–Crippen LogP) is 4.46. The minimum Gasteiger partial charge on any atom is -0.297 e. The molecule has 0 unspecified atom stereocenters. The lowest BCUT2D eigenvalue weighted by atomic mass is 10.0. The van der Waals surface area contributed by atoms with Crippen molar-refractivity contribution < 1.29 is 0 Å². The van der Waals surface area contributed by atoms with E-state index in [2.05, 4.69) is 72.2 Å². The van der Waals surface area contributed by atoms with E-state index in [4.69, 9.17) is 5.10 Å². The van der Waals surface area contributed by atoms with Gasteiger partial charge in [-0.1, -0.05) is 72.3 Å². The van der Waals surface area contributed by atoms with Crippen LogP contribution in [-0.4, -0.2) is 45.8 Å². The van der Waals surface area contributed by atoms with E-state index in [0.29, 0.717) is 6.67 Å². The maximum Gasteiger partial charge on any atom is 0.275 e. The molecular formula is C28H30N4O. The van der Waals surface area contributed by atoms with Crippen molar-refractivity contribution in [2.45, 2.75) is 27.1 Å². The molecule has 5 nitrogen and oxygen atoms in total. The van der Waals surface area contributed by atoms with Crippen LogP contribution in [0.2, 0.25) is 0 Å². The minimum atomic E-state index is -0.0243. The lowest BCUT2D eigenvalue weighted by Crippen LogP contribution is -2.47. The number of benzene rings is 3. The first-order valence-corrected chi connectivity index (χ1v) is 11.6. The molecule has 1 saturated heterocycles. The van der Waals surface area contributed by atoms with E-state index < -0.39 is 0 Å². The molecule has 0 amide bonds. The Bertz CT molecular complexity index is 1320. The smallest absolute Gasteiger partial charge is 0.275 e. The number of hydrogen-bond acceptors (Lipinski definition) is 4. The van der Waals surface area contributed by atoms with Gasteiger partial charge >= 0.3 is 0 Å². The van der Waals surface area contributed by atoms with Crippen LogP contribution in [0.4, 0.5) is 0 Å². The van der Waals surface area contributed by atoms with Crippen LogP contribution in [0.1, 0.15) is 16.7 Å². The molecule has 1 fully saturated rings. The second-order valence-electron chi connectivity index (χ2n) is 9.03. The van der Waals surface area contributed by atoms with Gasteiger partial charge in [0.15, 0.2) is 0 Å². The van der Waals surface area contributed by atoms with Crippen LogP contribution in [0.25, 0.3) is 22.0 Å². The summed E-state index contributed by atoms with van der Waals surface area (Å²) >= 11 is 0. The fraction of sp³-hybridized carbons (Fsp3) is 0.286. The molecule has 1 aliphatic rings. The van der Waals surface area contributed by atoms with E-state index in [1.165, 1.54) is 16.7 Å². The molecule has 0 radical (unpaired) electrons. The highest BCUT2D eigenvalue weighted by atomic mass is 16.1. The van der Waals surface area contributed by atoms with E-state index in [1.807, 2.05) is 24.3 Å². The summed E-state index contributed by atoms with van der Waals surface area (Å²) in [6, 6.07) is 24.8. The summed E-state index contributed by atoms with van der Waals surface area (Å²) < 4.78 is 1.65. The fourth-order valence-corrected chi connectivity index (χ4v) is 4.56. The molecule has 5 rings (SSSR count). The van der Waals surface area contributed by atoms with Gasteiger partial charge in [-0.2, -0.15) is 5.10 Å². The van der Waals surface area contributed by atoms with Gasteiger partial charge in [0, 0.05) is 43.7 Å². The lowest BCUT2D eigenvalue weighted by Gasteiger charge is -2.34. The SMILES string of the molecule is Cc1ccc(-c2nn(CN3CCN(Cc4ccccc4C)CC3)c(=O)c3ccccc23)cc1. The van der Waals surface area contributed by atoms with Crippen molar-refractivity contribution >= 4 is 10.8 Å². The fourth-order valence-electron chi connectivity index (χ4n) is 4.56. The van der Waals surface area contributed by atoms with Crippen LogP contribution in [0.3, 0.4) is 0 Å². The number of aryl methyl sites for hydroxylation is 2. The lowest BCUT2D eigenvalue weighted by molar-refractivity contribution is 0.0972. The van der Waals surface area contributed by atoms with Crippen molar-refractivity contribution in [1.82, 2.24) is 19.6 Å². The highest BCUT2D eigenvalue weighted by Crippen LogP contribution is 2.25. The monoisotopic (exact) mass is 438 g/mol. The number of rotatable bonds is 5. The van der Waals surface area contributed by atoms with E-state index in [1.54, 1.807) is 4.68 Å². The standard InChI is InChI=1S/C28H30N4O/c1-21-11-13-23(14-12-21)27-25-9-5-6-10-26(25)28(33)32(29-27)20-31-17-15-30(16-18-31)19-24-8-4-3-7-22(24)2/h3-14H,15-20H2,1-2H3. The van der Waals surface area contributed by atoms with E-state index in [-0.39, 0.29) is 5.56 Å². The van der Waals surface area contributed by atoms with E-state index in [9.17, 15) is 4.79 Å². The number of aromatic nitrogens is 2. The Hall–Kier alpha value is -3.28. The van der Waals surface area contributed by atoms with Gasteiger partial charge in [-0.3, -0.25) is 14.6 Å². The zero-order valence-electron chi connectivity index (χ0n) is 19.4. The van der Waals surface area contributed by atoms with Crippen molar-refractivity contribution in [2.24, 2.45) is 0 Å². The van der Waals surface area contributed by atoms with Crippen LogP contribution < -0.4 is 5.56 Å². The first-order chi connectivity index (χ1) is 16.1. The highest BCUT2D eigenvalue weighted by molar-refractivity contribution is 5.93.